The van der Waals surface area contributed by atoms with Gasteiger partial charge in [-0.25, -0.2) is 0 Å². The van der Waals surface area contributed by atoms with Gasteiger partial charge in [0.25, 0.3) is 0 Å². The van der Waals surface area contributed by atoms with Crippen LogP contribution in [-0.4, -0.2) is 20.3 Å². The summed E-state index contributed by atoms with van der Waals surface area (Å²) in [5.41, 5.74) is 0. The Labute approximate surface area is 91.2 Å². The van der Waals surface area contributed by atoms with E-state index in [-0.39, 0.29) is 0 Å². The number of benzene rings is 1. The van der Waals surface area contributed by atoms with Gasteiger partial charge in [-0.1, -0.05) is 24.1 Å². The minimum Gasteiger partial charge on any atom is -0.494 e. The van der Waals surface area contributed by atoms with Gasteiger partial charge in [0.2, 0.25) is 0 Å². The fraction of sp³-hybridized carbons (Fsp3) is 0.385. The van der Waals surface area contributed by atoms with E-state index >= 15 is 0 Å². The number of methoxy groups -OCH3 is 1. The van der Waals surface area contributed by atoms with E-state index in [2.05, 4.69) is 11.8 Å². The van der Waals surface area contributed by atoms with Gasteiger partial charge in [0, 0.05) is 13.5 Å². The summed E-state index contributed by atoms with van der Waals surface area (Å²) in [5, 5.41) is 0. The molecule has 2 nitrogen and oxygen atoms in total. The number of hydrogen-bond acceptors (Lipinski definition) is 2. The average molecular weight is 204 g/mol. The first kappa shape index (κ1) is 11.6. The first-order valence-electron chi connectivity index (χ1n) is 5.06. The molecule has 2 heteroatoms. The van der Waals surface area contributed by atoms with Crippen LogP contribution in [0.15, 0.2) is 30.3 Å². The summed E-state index contributed by atoms with van der Waals surface area (Å²) in [4.78, 5) is 0. The highest BCUT2D eigenvalue weighted by Gasteiger charge is 1.89. The molecule has 0 bridgehead atoms. The van der Waals surface area contributed by atoms with Crippen LogP contribution in [0.25, 0.3) is 0 Å². The summed E-state index contributed by atoms with van der Waals surface area (Å²) in [7, 11) is 1.65. The van der Waals surface area contributed by atoms with Crippen LogP contribution in [0.3, 0.4) is 0 Å². The van der Waals surface area contributed by atoms with Crippen molar-refractivity contribution < 1.29 is 9.47 Å². The van der Waals surface area contributed by atoms with E-state index in [1.165, 1.54) is 0 Å². The predicted octanol–water partition coefficient (Wildman–Crippen LogP) is 2.50. The van der Waals surface area contributed by atoms with Crippen LogP contribution in [0.4, 0.5) is 0 Å². The van der Waals surface area contributed by atoms with Crippen LogP contribution < -0.4 is 4.74 Å². The highest BCUT2D eigenvalue weighted by atomic mass is 16.5. The first-order valence-corrected chi connectivity index (χ1v) is 5.06. The third kappa shape index (κ3) is 5.77. The van der Waals surface area contributed by atoms with Gasteiger partial charge in [0.05, 0.1) is 6.61 Å². The van der Waals surface area contributed by atoms with Crippen molar-refractivity contribution in [1.29, 1.82) is 0 Å². The molecule has 0 unspecified atom stereocenters. The lowest BCUT2D eigenvalue weighted by atomic mass is 10.3. The second-order valence-electron chi connectivity index (χ2n) is 3.05. The Balaban J connectivity index is 2.06. The molecule has 80 valence electrons. The molecule has 1 rings (SSSR count). The Kier molecular flexibility index (Phi) is 6.12. The van der Waals surface area contributed by atoms with Gasteiger partial charge in [0.15, 0.2) is 0 Å². The van der Waals surface area contributed by atoms with Crippen molar-refractivity contribution in [3.8, 4) is 17.6 Å². The van der Waals surface area contributed by atoms with E-state index in [4.69, 9.17) is 9.47 Å². The van der Waals surface area contributed by atoms with Crippen molar-refractivity contribution in [1.82, 2.24) is 0 Å². The number of ether oxygens (including phenoxy) is 2. The Morgan fingerprint density at radius 1 is 1.13 bits per heavy atom. The lowest BCUT2D eigenvalue weighted by Gasteiger charge is -2.03. The van der Waals surface area contributed by atoms with E-state index < -0.39 is 0 Å². The molecular formula is C13H16O2. The molecular weight excluding hydrogens is 188 g/mol. The monoisotopic (exact) mass is 204 g/mol. The van der Waals surface area contributed by atoms with Gasteiger partial charge in [-0.15, -0.1) is 5.92 Å². The fourth-order valence-corrected chi connectivity index (χ4v) is 1.08. The third-order valence-electron chi connectivity index (χ3n) is 1.80. The Morgan fingerprint density at radius 2 is 1.93 bits per heavy atom. The molecule has 0 aliphatic heterocycles. The van der Waals surface area contributed by atoms with Crippen molar-refractivity contribution in [3.63, 3.8) is 0 Å². The summed E-state index contributed by atoms with van der Waals surface area (Å²) < 4.78 is 10.3. The van der Waals surface area contributed by atoms with Crippen molar-refractivity contribution in [2.24, 2.45) is 0 Å². The second-order valence-corrected chi connectivity index (χ2v) is 3.05. The van der Waals surface area contributed by atoms with Gasteiger partial charge in [-0.2, -0.15) is 0 Å². The lowest BCUT2D eigenvalue weighted by molar-refractivity contribution is 0.239. The molecule has 0 spiro atoms. The minimum atomic E-state index is 0.513. The lowest BCUT2D eigenvalue weighted by Crippen LogP contribution is -1.96. The van der Waals surface area contributed by atoms with E-state index in [1.807, 2.05) is 30.3 Å². The van der Waals surface area contributed by atoms with E-state index in [0.29, 0.717) is 13.2 Å². The average Bonchev–Trinajstić information content (AvgIpc) is 2.29. The molecule has 1 aromatic rings. The molecule has 0 radical (unpaired) electrons. The maximum absolute atomic E-state index is 5.51. The largest absolute Gasteiger partial charge is 0.494 e. The van der Waals surface area contributed by atoms with Gasteiger partial charge < -0.3 is 9.47 Å². The quantitative estimate of drug-likeness (QED) is 0.542. The molecule has 0 atom stereocenters. The topological polar surface area (TPSA) is 18.5 Å². The van der Waals surface area contributed by atoms with Crippen LogP contribution in [0.2, 0.25) is 0 Å². The Bertz CT molecular complexity index is 308. The van der Waals surface area contributed by atoms with Gasteiger partial charge in [-0.3, -0.25) is 0 Å². The maximum Gasteiger partial charge on any atom is 0.119 e. The number of rotatable bonds is 5. The van der Waals surface area contributed by atoms with E-state index in [1.54, 1.807) is 7.11 Å². The van der Waals surface area contributed by atoms with Gasteiger partial charge in [0.1, 0.15) is 12.4 Å². The normalized spacial score (nSPS) is 9.13. The van der Waals surface area contributed by atoms with Crippen LogP contribution in [0.5, 0.6) is 5.75 Å². The summed E-state index contributed by atoms with van der Waals surface area (Å²) in [6.07, 6.45) is 1.81. The SMILES string of the molecule is COCC#CCCCOc1ccccc1. The van der Waals surface area contributed by atoms with Gasteiger partial charge in [-0.05, 0) is 18.6 Å². The molecule has 1 aromatic carbocycles. The summed E-state index contributed by atoms with van der Waals surface area (Å²) in [6.45, 7) is 1.23. The highest BCUT2D eigenvalue weighted by Crippen LogP contribution is 2.08. The maximum atomic E-state index is 5.51. The molecule has 0 fully saturated rings. The second kappa shape index (κ2) is 7.90. The van der Waals surface area contributed by atoms with Gasteiger partial charge >= 0.3 is 0 Å². The van der Waals surface area contributed by atoms with Crippen LogP contribution in [0, 0.1) is 11.8 Å². The molecule has 0 heterocycles. The molecule has 0 saturated carbocycles. The summed E-state index contributed by atoms with van der Waals surface area (Å²) in [6, 6.07) is 9.82. The molecule has 15 heavy (non-hydrogen) atoms. The summed E-state index contributed by atoms with van der Waals surface area (Å²) in [5.74, 6) is 6.84. The highest BCUT2D eigenvalue weighted by molar-refractivity contribution is 5.20. The zero-order valence-electron chi connectivity index (χ0n) is 9.03. The number of para-hydroxylation sites is 1. The third-order valence-corrected chi connectivity index (χ3v) is 1.80. The first-order chi connectivity index (χ1) is 7.43. The fourth-order valence-electron chi connectivity index (χ4n) is 1.08. The van der Waals surface area contributed by atoms with Crippen molar-refractivity contribution in [2.45, 2.75) is 12.8 Å². The smallest absolute Gasteiger partial charge is 0.119 e. The van der Waals surface area contributed by atoms with E-state index in [9.17, 15) is 0 Å². The van der Waals surface area contributed by atoms with Crippen molar-refractivity contribution >= 4 is 0 Å². The Morgan fingerprint density at radius 3 is 2.67 bits per heavy atom. The summed E-state index contributed by atoms with van der Waals surface area (Å²) >= 11 is 0. The van der Waals surface area contributed by atoms with Crippen LogP contribution >= 0.6 is 0 Å². The molecule has 0 N–H and O–H groups in total. The van der Waals surface area contributed by atoms with Crippen LogP contribution in [0.1, 0.15) is 12.8 Å². The Hall–Kier alpha value is -1.46. The van der Waals surface area contributed by atoms with Crippen molar-refractivity contribution in [2.75, 3.05) is 20.3 Å². The minimum absolute atomic E-state index is 0.513. The van der Waals surface area contributed by atoms with E-state index in [0.717, 1.165) is 18.6 Å². The number of hydrogen-bond donors (Lipinski definition) is 0. The molecule has 0 amide bonds. The van der Waals surface area contributed by atoms with Crippen LogP contribution in [-0.2, 0) is 4.74 Å². The van der Waals surface area contributed by atoms with Crippen molar-refractivity contribution in [3.05, 3.63) is 30.3 Å². The predicted molar refractivity (Wildman–Crippen MR) is 60.8 cm³/mol. The number of unbranched alkanes of at least 4 members (excludes halogenated alkanes) is 1. The molecule has 0 aliphatic carbocycles. The molecule has 0 aliphatic rings. The zero-order valence-corrected chi connectivity index (χ0v) is 9.03. The molecule has 0 saturated heterocycles. The standard InChI is InChI=1S/C13H16O2/c1-14-11-7-2-3-8-12-15-13-9-5-4-6-10-13/h4-6,9-10H,3,8,11-12H2,1H3. The zero-order chi connectivity index (χ0) is 10.8. The molecule has 0 aromatic heterocycles.